The molecule has 22 heavy (non-hydrogen) atoms. The molecule has 112 valence electrons. The van der Waals surface area contributed by atoms with Crippen LogP contribution in [-0.2, 0) is 17.8 Å². The number of aliphatic carboxylic acids is 1. The Morgan fingerprint density at radius 3 is 2.50 bits per heavy atom. The summed E-state index contributed by atoms with van der Waals surface area (Å²) in [7, 11) is 0. The number of Topliss-reactive ketones (excluding diaryl/α,β-unsaturated/α-hetero) is 1. The Balaban J connectivity index is 1.76. The van der Waals surface area contributed by atoms with Gasteiger partial charge in [0.2, 0.25) is 0 Å². The number of carbonyl (C=O) groups is 2. The maximum atomic E-state index is 12.5. The van der Waals surface area contributed by atoms with Crippen molar-refractivity contribution in [3.05, 3.63) is 71.3 Å². The Morgan fingerprint density at radius 2 is 1.82 bits per heavy atom. The highest BCUT2D eigenvalue weighted by Crippen LogP contribution is 2.29. The second-order valence-corrected chi connectivity index (χ2v) is 5.51. The summed E-state index contributed by atoms with van der Waals surface area (Å²) in [5.74, 6) is -1.61. The lowest BCUT2D eigenvalue weighted by atomic mass is 9.95. The summed E-state index contributed by atoms with van der Waals surface area (Å²) >= 11 is 0. The first-order valence-electron chi connectivity index (χ1n) is 7.29. The molecule has 0 aromatic heterocycles. The molecule has 2 aromatic rings. The number of hydrogen-bond acceptors (Lipinski definition) is 3. The third kappa shape index (κ3) is 2.78. The molecule has 0 radical (unpaired) electrons. The van der Waals surface area contributed by atoms with Crippen molar-refractivity contribution in [2.45, 2.75) is 19.0 Å². The SMILES string of the molecule is O=C1c2ccccc2C[C@H]1[C@H](NCc1ccccc1)C(=O)O. The molecule has 0 saturated heterocycles. The van der Waals surface area contributed by atoms with Crippen LogP contribution < -0.4 is 5.32 Å². The standard InChI is InChI=1S/C18H17NO3/c20-17-14-9-5-4-8-13(14)10-15(17)16(18(21)22)19-11-12-6-2-1-3-7-12/h1-9,15-16,19H,10-11H2,(H,21,22)/t15-,16-/m0/s1. The van der Waals surface area contributed by atoms with E-state index in [1.807, 2.05) is 48.5 Å². The highest BCUT2D eigenvalue weighted by molar-refractivity contribution is 6.04. The molecule has 3 rings (SSSR count). The van der Waals surface area contributed by atoms with E-state index < -0.39 is 17.9 Å². The van der Waals surface area contributed by atoms with Gasteiger partial charge in [-0.05, 0) is 17.5 Å². The van der Waals surface area contributed by atoms with Crippen molar-refractivity contribution in [1.82, 2.24) is 5.32 Å². The summed E-state index contributed by atoms with van der Waals surface area (Å²) in [5, 5.41) is 12.5. The number of carboxylic acids is 1. The van der Waals surface area contributed by atoms with E-state index in [2.05, 4.69) is 5.32 Å². The van der Waals surface area contributed by atoms with E-state index in [1.54, 1.807) is 6.07 Å². The van der Waals surface area contributed by atoms with Gasteiger partial charge < -0.3 is 5.11 Å². The van der Waals surface area contributed by atoms with Gasteiger partial charge >= 0.3 is 5.97 Å². The van der Waals surface area contributed by atoms with Gasteiger partial charge in [-0.15, -0.1) is 0 Å². The second-order valence-electron chi connectivity index (χ2n) is 5.51. The number of benzene rings is 2. The molecule has 0 spiro atoms. The Hall–Kier alpha value is -2.46. The molecule has 0 unspecified atom stereocenters. The minimum Gasteiger partial charge on any atom is -0.480 e. The number of rotatable bonds is 5. The van der Waals surface area contributed by atoms with E-state index in [-0.39, 0.29) is 5.78 Å². The fraction of sp³-hybridized carbons (Fsp3) is 0.222. The molecule has 2 atom stereocenters. The van der Waals surface area contributed by atoms with Gasteiger partial charge in [-0.1, -0.05) is 54.6 Å². The first-order valence-corrected chi connectivity index (χ1v) is 7.29. The summed E-state index contributed by atoms with van der Waals surface area (Å²) < 4.78 is 0. The fourth-order valence-electron chi connectivity index (χ4n) is 2.96. The van der Waals surface area contributed by atoms with Gasteiger partial charge in [0.1, 0.15) is 6.04 Å². The molecule has 1 aliphatic rings. The second kappa shape index (κ2) is 6.12. The number of fused-ring (bicyclic) bond motifs is 1. The molecule has 0 fully saturated rings. The first kappa shape index (κ1) is 14.5. The average Bonchev–Trinajstić information content (AvgIpc) is 2.86. The lowest BCUT2D eigenvalue weighted by Gasteiger charge is -2.19. The quantitative estimate of drug-likeness (QED) is 0.888. The van der Waals surface area contributed by atoms with E-state index in [9.17, 15) is 14.7 Å². The Labute approximate surface area is 128 Å². The zero-order valence-electron chi connectivity index (χ0n) is 12.0. The van der Waals surface area contributed by atoms with Gasteiger partial charge in [0.15, 0.2) is 5.78 Å². The first-order chi connectivity index (χ1) is 10.7. The molecule has 4 nitrogen and oxygen atoms in total. The summed E-state index contributed by atoms with van der Waals surface area (Å²) in [6, 6.07) is 16.1. The van der Waals surface area contributed by atoms with Crippen molar-refractivity contribution >= 4 is 11.8 Å². The smallest absolute Gasteiger partial charge is 0.321 e. The lowest BCUT2D eigenvalue weighted by Crippen LogP contribution is -2.44. The highest BCUT2D eigenvalue weighted by atomic mass is 16.4. The fourth-order valence-corrected chi connectivity index (χ4v) is 2.96. The van der Waals surface area contributed by atoms with Crippen LogP contribution >= 0.6 is 0 Å². The maximum Gasteiger partial charge on any atom is 0.321 e. The Bertz CT molecular complexity index is 696. The van der Waals surface area contributed by atoms with Gasteiger partial charge in [0.25, 0.3) is 0 Å². The topological polar surface area (TPSA) is 66.4 Å². The van der Waals surface area contributed by atoms with Gasteiger partial charge in [0, 0.05) is 12.1 Å². The van der Waals surface area contributed by atoms with Crippen molar-refractivity contribution < 1.29 is 14.7 Å². The molecule has 4 heteroatoms. The van der Waals surface area contributed by atoms with E-state index in [1.165, 1.54) is 0 Å². The summed E-state index contributed by atoms with van der Waals surface area (Å²) in [6.07, 6.45) is 0.480. The van der Waals surface area contributed by atoms with Gasteiger partial charge in [-0.3, -0.25) is 14.9 Å². The minimum atomic E-state index is -0.984. The molecule has 2 N–H and O–H groups in total. The van der Waals surface area contributed by atoms with Crippen LogP contribution in [-0.4, -0.2) is 22.9 Å². The normalized spacial score (nSPS) is 18.0. The molecule has 0 bridgehead atoms. The molecule has 0 heterocycles. The Kier molecular flexibility index (Phi) is 4.02. The van der Waals surface area contributed by atoms with Crippen LogP contribution in [0.15, 0.2) is 54.6 Å². The zero-order chi connectivity index (χ0) is 15.5. The third-order valence-electron chi connectivity index (χ3n) is 4.10. The van der Waals surface area contributed by atoms with E-state index >= 15 is 0 Å². The molecule has 2 aromatic carbocycles. The average molecular weight is 295 g/mol. The monoisotopic (exact) mass is 295 g/mol. The third-order valence-corrected chi connectivity index (χ3v) is 4.10. The number of carboxylic acid groups (broad SMARTS) is 1. The number of carbonyl (C=O) groups excluding carboxylic acids is 1. The van der Waals surface area contributed by atoms with Crippen molar-refractivity contribution in [3.63, 3.8) is 0 Å². The van der Waals surface area contributed by atoms with Crippen LogP contribution in [0.3, 0.4) is 0 Å². The van der Waals surface area contributed by atoms with E-state index in [0.29, 0.717) is 18.5 Å². The van der Waals surface area contributed by atoms with E-state index in [0.717, 1.165) is 11.1 Å². The number of ketones is 1. The summed E-state index contributed by atoms with van der Waals surface area (Å²) in [5.41, 5.74) is 2.59. The van der Waals surface area contributed by atoms with Crippen LogP contribution in [0.1, 0.15) is 21.5 Å². The number of nitrogens with one attached hydrogen (secondary N) is 1. The maximum absolute atomic E-state index is 12.5. The molecule has 0 amide bonds. The largest absolute Gasteiger partial charge is 0.480 e. The van der Waals surface area contributed by atoms with Crippen molar-refractivity contribution in [2.75, 3.05) is 0 Å². The minimum absolute atomic E-state index is 0.0800. The molecule has 1 aliphatic carbocycles. The van der Waals surface area contributed by atoms with Crippen molar-refractivity contribution in [2.24, 2.45) is 5.92 Å². The number of hydrogen-bond donors (Lipinski definition) is 2. The van der Waals surface area contributed by atoms with Gasteiger partial charge in [-0.25, -0.2) is 0 Å². The summed E-state index contributed by atoms with van der Waals surface area (Å²) in [4.78, 5) is 24.0. The zero-order valence-corrected chi connectivity index (χ0v) is 12.0. The van der Waals surface area contributed by atoms with Crippen LogP contribution in [0, 0.1) is 5.92 Å². The molecular formula is C18H17NO3. The molecular weight excluding hydrogens is 278 g/mol. The van der Waals surface area contributed by atoms with Crippen LogP contribution in [0.4, 0.5) is 0 Å². The van der Waals surface area contributed by atoms with Gasteiger partial charge in [-0.2, -0.15) is 0 Å². The van der Waals surface area contributed by atoms with Crippen LogP contribution in [0.25, 0.3) is 0 Å². The summed E-state index contributed by atoms with van der Waals surface area (Å²) in [6.45, 7) is 0.429. The lowest BCUT2D eigenvalue weighted by molar-refractivity contribution is -0.140. The van der Waals surface area contributed by atoms with Crippen molar-refractivity contribution in [1.29, 1.82) is 0 Å². The highest BCUT2D eigenvalue weighted by Gasteiger charge is 2.39. The van der Waals surface area contributed by atoms with Crippen LogP contribution in [0.5, 0.6) is 0 Å². The van der Waals surface area contributed by atoms with Crippen molar-refractivity contribution in [3.8, 4) is 0 Å². The van der Waals surface area contributed by atoms with E-state index in [4.69, 9.17) is 0 Å². The predicted molar refractivity (Wildman–Crippen MR) is 82.7 cm³/mol. The molecule has 0 saturated carbocycles. The van der Waals surface area contributed by atoms with Crippen LogP contribution in [0.2, 0.25) is 0 Å². The molecule has 0 aliphatic heterocycles. The van der Waals surface area contributed by atoms with Gasteiger partial charge in [0.05, 0.1) is 5.92 Å². The predicted octanol–water partition coefficient (Wildman–Crippen LogP) is 2.28. The Morgan fingerprint density at radius 1 is 1.14 bits per heavy atom.